The lowest BCUT2D eigenvalue weighted by molar-refractivity contribution is -0.114. The number of carbonyl (C=O) groups excluding carboxylic acids is 1. The molecule has 0 unspecified atom stereocenters. The van der Waals surface area contributed by atoms with Gasteiger partial charge in [0.25, 0.3) is 0 Å². The maximum Gasteiger partial charge on any atom is 0.243 e. The second-order valence-corrected chi connectivity index (χ2v) is 5.68. The molecular weight excluding hydrogens is 286 g/mol. The molecular formula is C19H21N3O. The maximum absolute atomic E-state index is 12.1. The Morgan fingerprint density at radius 2 is 1.83 bits per heavy atom. The Bertz CT molecular complexity index is 699. The lowest BCUT2D eigenvalue weighted by Gasteiger charge is -2.14. The monoisotopic (exact) mass is 307 g/mol. The van der Waals surface area contributed by atoms with E-state index in [9.17, 15) is 4.79 Å². The van der Waals surface area contributed by atoms with E-state index in [0.29, 0.717) is 12.3 Å². The van der Waals surface area contributed by atoms with Crippen molar-refractivity contribution in [2.75, 3.05) is 17.2 Å². The van der Waals surface area contributed by atoms with Crippen molar-refractivity contribution in [3.8, 4) is 6.07 Å². The third-order valence-corrected chi connectivity index (χ3v) is 3.54. The van der Waals surface area contributed by atoms with Crippen LogP contribution in [0.15, 0.2) is 48.5 Å². The molecule has 1 amide bonds. The van der Waals surface area contributed by atoms with Gasteiger partial charge in [0.15, 0.2) is 0 Å². The molecule has 23 heavy (non-hydrogen) atoms. The summed E-state index contributed by atoms with van der Waals surface area (Å²) in [6.45, 7) is 4.47. The van der Waals surface area contributed by atoms with Gasteiger partial charge in [-0.3, -0.25) is 4.79 Å². The molecule has 0 aromatic heterocycles. The first-order chi connectivity index (χ1) is 11.1. The molecule has 0 bridgehead atoms. The van der Waals surface area contributed by atoms with Gasteiger partial charge in [-0.25, -0.2) is 0 Å². The second kappa shape index (κ2) is 8.00. The predicted molar refractivity (Wildman–Crippen MR) is 93.4 cm³/mol. The molecule has 0 saturated heterocycles. The summed E-state index contributed by atoms with van der Waals surface area (Å²) in [5, 5.41) is 14.7. The van der Waals surface area contributed by atoms with E-state index in [1.165, 1.54) is 5.56 Å². The molecule has 4 heteroatoms. The zero-order valence-electron chi connectivity index (χ0n) is 13.5. The van der Waals surface area contributed by atoms with Crippen molar-refractivity contribution in [1.29, 1.82) is 5.26 Å². The molecule has 0 radical (unpaired) electrons. The number of anilines is 2. The molecule has 0 fully saturated rings. The van der Waals surface area contributed by atoms with E-state index in [0.717, 1.165) is 16.9 Å². The summed E-state index contributed by atoms with van der Waals surface area (Å²) in [5.74, 6) is 0.297. The zero-order valence-corrected chi connectivity index (χ0v) is 13.5. The van der Waals surface area contributed by atoms with Crippen LogP contribution in [0.3, 0.4) is 0 Å². The second-order valence-electron chi connectivity index (χ2n) is 5.68. The van der Waals surface area contributed by atoms with Crippen LogP contribution < -0.4 is 10.6 Å². The minimum absolute atomic E-state index is 0.100. The average molecular weight is 307 g/mol. The number of para-hydroxylation sites is 1. The largest absolute Gasteiger partial charge is 0.376 e. The van der Waals surface area contributed by atoms with E-state index in [1.807, 2.05) is 42.5 Å². The van der Waals surface area contributed by atoms with Crippen LogP contribution in [0.2, 0.25) is 0 Å². The Hall–Kier alpha value is -2.80. The van der Waals surface area contributed by atoms with Gasteiger partial charge in [0.2, 0.25) is 5.91 Å². The van der Waals surface area contributed by atoms with Crippen LogP contribution in [0, 0.1) is 11.3 Å². The molecule has 2 rings (SSSR count). The van der Waals surface area contributed by atoms with E-state index in [2.05, 4.69) is 36.6 Å². The van der Waals surface area contributed by atoms with Gasteiger partial charge in [0.1, 0.15) is 0 Å². The van der Waals surface area contributed by atoms with Crippen molar-refractivity contribution in [2.24, 2.45) is 0 Å². The summed E-state index contributed by atoms with van der Waals surface area (Å²) in [6.07, 6.45) is 0.377. The van der Waals surface area contributed by atoms with E-state index < -0.39 is 0 Å². The molecule has 4 nitrogen and oxygen atoms in total. The lowest BCUT2D eigenvalue weighted by atomic mass is 10.0. The summed E-state index contributed by atoms with van der Waals surface area (Å²) < 4.78 is 0. The molecule has 0 aliphatic heterocycles. The summed E-state index contributed by atoms with van der Waals surface area (Å²) in [6, 6.07) is 17.4. The minimum Gasteiger partial charge on any atom is -0.376 e. The third kappa shape index (κ3) is 4.86. The van der Waals surface area contributed by atoms with Crippen LogP contribution in [0.1, 0.15) is 30.9 Å². The van der Waals surface area contributed by atoms with Crippen molar-refractivity contribution in [3.05, 3.63) is 59.7 Å². The Kier molecular flexibility index (Phi) is 5.76. The molecule has 0 atom stereocenters. The molecule has 0 saturated carbocycles. The number of nitrogens with one attached hydrogen (secondary N) is 2. The minimum atomic E-state index is -0.100. The summed E-state index contributed by atoms with van der Waals surface area (Å²) in [5.41, 5.74) is 3.85. The number of hydrogen-bond donors (Lipinski definition) is 2. The predicted octanol–water partition coefficient (Wildman–Crippen LogP) is 3.93. The topological polar surface area (TPSA) is 64.9 Å². The molecule has 0 aliphatic rings. The van der Waals surface area contributed by atoms with Gasteiger partial charge >= 0.3 is 0 Å². The van der Waals surface area contributed by atoms with Gasteiger partial charge < -0.3 is 10.6 Å². The van der Waals surface area contributed by atoms with Gasteiger partial charge in [-0.1, -0.05) is 44.2 Å². The van der Waals surface area contributed by atoms with Crippen LogP contribution >= 0.6 is 0 Å². The summed E-state index contributed by atoms with van der Waals surface area (Å²) in [7, 11) is 0. The fraction of sp³-hybridized carbons (Fsp3) is 0.263. The molecule has 2 N–H and O–H groups in total. The number of carbonyl (C=O) groups is 1. The first-order valence-electron chi connectivity index (χ1n) is 7.68. The standard InChI is InChI=1S/C19H21N3O/c1-14(2)17-5-3-4-6-18(17)21-13-19(23)22-16-9-7-15(8-10-16)11-12-20/h3-10,14,21H,11,13H2,1-2H3,(H,22,23). The van der Waals surface area contributed by atoms with Crippen molar-refractivity contribution >= 4 is 17.3 Å². The number of benzene rings is 2. The van der Waals surface area contributed by atoms with Gasteiger partial charge in [-0.05, 0) is 35.2 Å². The SMILES string of the molecule is CC(C)c1ccccc1NCC(=O)Nc1ccc(CC#N)cc1. The maximum atomic E-state index is 12.1. The fourth-order valence-electron chi connectivity index (χ4n) is 2.34. The van der Waals surface area contributed by atoms with E-state index in [4.69, 9.17) is 5.26 Å². The molecule has 0 aliphatic carbocycles. The van der Waals surface area contributed by atoms with Crippen molar-refractivity contribution in [1.82, 2.24) is 0 Å². The van der Waals surface area contributed by atoms with Gasteiger partial charge in [-0.15, -0.1) is 0 Å². The van der Waals surface area contributed by atoms with Crippen LogP contribution in [0.4, 0.5) is 11.4 Å². The number of hydrogen-bond acceptors (Lipinski definition) is 3. The molecule has 2 aromatic carbocycles. The van der Waals surface area contributed by atoms with Crippen LogP contribution in [-0.4, -0.2) is 12.5 Å². The Morgan fingerprint density at radius 1 is 1.13 bits per heavy atom. The third-order valence-electron chi connectivity index (χ3n) is 3.54. The Labute approximate surface area is 137 Å². The molecule has 2 aromatic rings. The van der Waals surface area contributed by atoms with Gasteiger partial charge in [-0.2, -0.15) is 5.26 Å². The number of amides is 1. The highest BCUT2D eigenvalue weighted by Crippen LogP contribution is 2.23. The van der Waals surface area contributed by atoms with Gasteiger partial charge in [0.05, 0.1) is 19.0 Å². The van der Waals surface area contributed by atoms with Crippen molar-refractivity contribution in [3.63, 3.8) is 0 Å². The Balaban J connectivity index is 1.92. The zero-order chi connectivity index (χ0) is 16.7. The van der Waals surface area contributed by atoms with E-state index in [-0.39, 0.29) is 12.5 Å². The highest BCUT2D eigenvalue weighted by Gasteiger charge is 2.07. The van der Waals surface area contributed by atoms with Crippen LogP contribution in [-0.2, 0) is 11.2 Å². The number of rotatable bonds is 6. The van der Waals surface area contributed by atoms with Crippen LogP contribution in [0.5, 0.6) is 0 Å². The first-order valence-corrected chi connectivity index (χ1v) is 7.68. The Morgan fingerprint density at radius 3 is 2.48 bits per heavy atom. The highest BCUT2D eigenvalue weighted by atomic mass is 16.1. The number of nitriles is 1. The van der Waals surface area contributed by atoms with Crippen LogP contribution in [0.25, 0.3) is 0 Å². The highest BCUT2D eigenvalue weighted by molar-refractivity contribution is 5.93. The normalized spacial score (nSPS) is 10.2. The lowest BCUT2D eigenvalue weighted by Crippen LogP contribution is -2.22. The summed E-state index contributed by atoms with van der Waals surface area (Å²) in [4.78, 5) is 12.1. The average Bonchev–Trinajstić information content (AvgIpc) is 2.55. The molecule has 0 heterocycles. The number of nitrogens with zero attached hydrogens (tertiary/aromatic N) is 1. The molecule has 118 valence electrons. The van der Waals surface area contributed by atoms with Crippen molar-refractivity contribution < 1.29 is 4.79 Å². The fourth-order valence-corrected chi connectivity index (χ4v) is 2.34. The summed E-state index contributed by atoms with van der Waals surface area (Å²) >= 11 is 0. The quantitative estimate of drug-likeness (QED) is 0.850. The molecule has 0 spiro atoms. The van der Waals surface area contributed by atoms with E-state index >= 15 is 0 Å². The van der Waals surface area contributed by atoms with E-state index in [1.54, 1.807) is 0 Å². The van der Waals surface area contributed by atoms with Crippen molar-refractivity contribution in [2.45, 2.75) is 26.2 Å². The smallest absolute Gasteiger partial charge is 0.243 e. The van der Waals surface area contributed by atoms with Gasteiger partial charge in [0, 0.05) is 11.4 Å². The first kappa shape index (κ1) is 16.6.